The molecule has 0 saturated carbocycles. The molecule has 0 aliphatic heterocycles. The molecule has 2 heterocycles. The number of nitrogens with one attached hydrogen (secondary N) is 1. The molecule has 2 aromatic heterocycles. The Morgan fingerprint density at radius 2 is 1.10 bits per heavy atom. The third-order valence-corrected chi connectivity index (χ3v) is 9.16. The molecule has 10 aromatic rings. The first-order chi connectivity index (χ1) is 20.8. The van der Waals surface area contributed by atoms with Crippen LogP contribution in [0.25, 0.3) is 98.0 Å². The summed E-state index contributed by atoms with van der Waals surface area (Å²) >= 11 is 0. The number of fused-ring (bicyclic) bond motifs is 15. The third kappa shape index (κ3) is 2.83. The molecule has 0 unspecified atom stereocenters. The van der Waals surface area contributed by atoms with Gasteiger partial charge in [-0.3, -0.25) is 0 Å². The predicted molar refractivity (Wildman–Crippen MR) is 179 cm³/mol. The number of furan rings is 1. The molecule has 0 fully saturated rings. The van der Waals surface area contributed by atoms with Crippen molar-refractivity contribution in [2.24, 2.45) is 0 Å². The van der Waals surface area contributed by atoms with Gasteiger partial charge in [-0.2, -0.15) is 0 Å². The molecule has 2 nitrogen and oxygen atoms in total. The van der Waals surface area contributed by atoms with Gasteiger partial charge in [0.15, 0.2) is 0 Å². The van der Waals surface area contributed by atoms with Crippen molar-refractivity contribution in [1.82, 2.24) is 4.98 Å². The van der Waals surface area contributed by atoms with Gasteiger partial charge >= 0.3 is 0 Å². The number of aromatic nitrogens is 1. The fraction of sp³-hybridized carbons (Fsp3) is 0. The SMILES string of the molecule is c1ccc2c(c1)ccc1[nH]c3c4ccccc4c4cc(-c5ccc6oc7ccccc7c6c5)c5ccccc5c4c3c12. The number of aromatic amines is 1. The maximum absolute atomic E-state index is 6.17. The van der Waals surface area contributed by atoms with Crippen LogP contribution < -0.4 is 0 Å². The topological polar surface area (TPSA) is 28.9 Å². The van der Waals surface area contributed by atoms with Gasteiger partial charge in [0.2, 0.25) is 0 Å². The zero-order chi connectivity index (χ0) is 27.4. The molecule has 1 N–H and O–H groups in total. The quantitative estimate of drug-likeness (QED) is 0.209. The smallest absolute Gasteiger partial charge is 0.135 e. The third-order valence-electron chi connectivity index (χ3n) is 9.16. The monoisotopic (exact) mass is 533 g/mol. The van der Waals surface area contributed by atoms with E-state index in [1.165, 1.54) is 76.0 Å². The minimum Gasteiger partial charge on any atom is -0.456 e. The molecule has 42 heavy (non-hydrogen) atoms. The predicted octanol–water partition coefficient (Wildman–Crippen LogP) is 11.5. The van der Waals surface area contributed by atoms with Crippen LogP contribution in [0.1, 0.15) is 0 Å². The average Bonchev–Trinajstić information content (AvgIpc) is 3.63. The summed E-state index contributed by atoms with van der Waals surface area (Å²) in [6, 6.07) is 48.3. The van der Waals surface area contributed by atoms with Crippen molar-refractivity contribution in [3.63, 3.8) is 0 Å². The highest BCUT2D eigenvalue weighted by Crippen LogP contribution is 2.46. The normalized spacial score (nSPS) is 12.3. The van der Waals surface area contributed by atoms with Crippen LogP contribution >= 0.6 is 0 Å². The van der Waals surface area contributed by atoms with Gasteiger partial charge in [-0.1, -0.05) is 103 Å². The molecule has 0 amide bonds. The fourth-order valence-electron chi connectivity index (χ4n) is 7.34. The summed E-state index contributed by atoms with van der Waals surface area (Å²) in [7, 11) is 0. The lowest BCUT2D eigenvalue weighted by atomic mass is 9.88. The van der Waals surface area contributed by atoms with Gasteiger partial charge in [0.05, 0.1) is 5.52 Å². The maximum Gasteiger partial charge on any atom is 0.135 e. The van der Waals surface area contributed by atoms with Crippen LogP contribution in [-0.2, 0) is 0 Å². The van der Waals surface area contributed by atoms with Crippen molar-refractivity contribution in [2.75, 3.05) is 0 Å². The van der Waals surface area contributed by atoms with Crippen molar-refractivity contribution in [2.45, 2.75) is 0 Å². The second kappa shape index (κ2) is 7.99. The van der Waals surface area contributed by atoms with E-state index >= 15 is 0 Å². The molecule has 0 aliphatic rings. The average molecular weight is 534 g/mol. The number of para-hydroxylation sites is 1. The molecule has 0 spiro atoms. The zero-order valence-corrected chi connectivity index (χ0v) is 22.6. The van der Waals surface area contributed by atoms with Gasteiger partial charge in [0.1, 0.15) is 11.2 Å². The van der Waals surface area contributed by atoms with Crippen LogP contribution in [0, 0.1) is 0 Å². The van der Waals surface area contributed by atoms with Crippen molar-refractivity contribution in [1.29, 1.82) is 0 Å². The van der Waals surface area contributed by atoms with E-state index < -0.39 is 0 Å². The zero-order valence-electron chi connectivity index (χ0n) is 22.6. The molecule has 0 saturated heterocycles. The fourth-order valence-corrected chi connectivity index (χ4v) is 7.34. The number of H-pyrrole nitrogens is 1. The Labute approximate surface area is 240 Å². The van der Waals surface area contributed by atoms with Crippen LogP contribution in [0.5, 0.6) is 0 Å². The lowest BCUT2D eigenvalue weighted by Crippen LogP contribution is -1.88. The van der Waals surface area contributed by atoms with E-state index in [2.05, 4.69) is 126 Å². The lowest BCUT2D eigenvalue weighted by Gasteiger charge is -2.15. The highest BCUT2D eigenvalue weighted by atomic mass is 16.3. The molecule has 10 rings (SSSR count). The van der Waals surface area contributed by atoms with Crippen LogP contribution in [0.15, 0.2) is 138 Å². The van der Waals surface area contributed by atoms with Gasteiger partial charge in [0, 0.05) is 37.8 Å². The van der Waals surface area contributed by atoms with E-state index in [1.807, 2.05) is 12.1 Å². The number of hydrogen-bond acceptors (Lipinski definition) is 1. The highest BCUT2D eigenvalue weighted by Gasteiger charge is 2.20. The summed E-state index contributed by atoms with van der Waals surface area (Å²) in [4.78, 5) is 3.84. The number of benzene rings is 8. The van der Waals surface area contributed by atoms with E-state index in [0.29, 0.717) is 0 Å². The molecular weight excluding hydrogens is 510 g/mol. The Kier molecular flexibility index (Phi) is 4.21. The minimum absolute atomic E-state index is 0.919. The second-order valence-electron chi connectivity index (χ2n) is 11.3. The number of rotatable bonds is 1. The van der Waals surface area contributed by atoms with Gasteiger partial charge in [-0.05, 0) is 73.8 Å². The largest absolute Gasteiger partial charge is 0.456 e. The first kappa shape index (κ1) is 22.1. The summed E-state index contributed by atoms with van der Waals surface area (Å²) in [5.41, 5.74) is 6.65. The van der Waals surface area contributed by atoms with E-state index in [4.69, 9.17) is 4.42 Å². The Bertz CT molecular complexity index is 2740. The maximum atomic E-state index is 6.17. The van der Waals surface area contributed by atoms with Gasteiger partial charge in [0.25, 0.3) is 0 Å². The summed E-state index contributed by atoms with van der Waals surface area (Å²) in [5.74, 6) is 0. The van der Waals surface area contributed by atoms with Crippen LogP contribution in [0.3, 0.4) is 0 Å². The summed E-state index contributed by atoms with van der Waals surface area (Å²) in [6.07, 6.45) is 0. The molecule has 0 bridgehead atoms. The van der Waals surface area contributed by atoms with Crippen molar-refractivity contribution in [3.05, 3.63) is 133 Å². The highest BCUT2D eigenvalue weighted by molar-refractivity contribution is 6.39. The molecule has 0 atom stereocenters. The van der Waals surface area contributed by atoms with Gasteiger partial charge < -0.3 is 9.40 Å². The molecule has 2 heteroatoms. The van der Waals surface area contributed by atoms with Crippen molar-refractivity contribution in [3.8, 4) is 11.1 Å². The Morgan fingerprint density at radius 1 is 0.405 bits per heavy atom. The van der Waals surface area contributed by atoms with Gasteiger partial charge in [-0.15, -0.1) is 0 Å². The molecule has 194 valence electrons. The molecular formula is C40H23NO. The van der Waals surface area contributed by atoms with E-state index in [0.717, 1.165) is 21.9 Å². The van der Waals surface area contributed by atoms with Crippen LogP contribution in [-0.4, -0.2) is 4.98 Å². The Morgan fingerprint density at radius 3 is 1.98 bits per heavy atom. The van der Waals surface area contributed by atoms with Crippen LogP contribution in [0.2, 0.25) is 0 Å². The summed E-state index contributed by atoms with van der Waals surface area (Å²) < 4.78 is 6.17. The Balaban J connectivity index is 1.43. The Hall–Kier alpha value is -5.60. The van der Waals surface area contributed by atoms with Crippen molar-refractivity contribution >= 4 is 86.8 Å². The summed E-state index contributed by atoms with van der Waals surface area (Å²) in [5, 5.41) is 15.0. The van der Waals surface area contributed by atoms with Crippen molar-refractivity contribution < 1.29 is 4.42 Å². The molecule has 8 aromatic carbocycles. The van der Waals surface area contributed by atoms with Gasteiger partial charge in [-0.25, -0.2) is 0 Å². The number of hydrogen-bond donors (Lipinski definition) is 1. The minimum atomic E-state index is 0.919. The second-order valence-corrected chi connectivity index (χ2v) is 11.3. The standard InChI is InChI=1S/C40H23NO/c1-2-10-25-23(9-1)17-19-34-38(25)39-37-29-14-5-3-11-26(29)31(22-33(37)27-12-4-6-15-30(27)40(39)41-34)24-18-20-36-32(21-24)28-13-7-8-16-35(28)42-36/h1-22,41H. The lowest BCUT2D eigenvalue weighted by molar-refractivity contribution is 0.669. The summed E-state index contributed by atoms with van der Waals surface area (Å²) in [6.45, 7) is 0. The van der Waals surface area contributed by atoms with E-state index in [-0.39, 0.29) is 0 Å². The van der Waals surface area contributed by atoms with E-state index in [1.54, 1.807) is 0 Å². The van der Waals surface area contributed by atoms with Crippen LogP contribution in [0.4, 0.5) is 0 Å². The van der Waals surface area contributed by atoms with E-state index in [9.17, 15) is 0 Å². The first-order valence-electron chi connectivity index (χ1n) is 14.4. The molecule has 0 radical (unpaired) electrons. The first-order valence-corrected chi connectivity index (χ1v) is 14.4. The molecule has 0 aliphatic carbocycles.